The van der Waals surface area contributed by atoms with Crippen molar-refractivity contribution in [1.82, 2.24) is 26.0 Å². The van der Waals surface area contributed by atoms with E-state index in [0.717, 1.165) is 30.8 Å². The first-order valence-electron chi connectivity index (χ1n) is 11.9. The van der Waals surface area contributed by atoms with Gasteiger partial charge in [-0.3, -0.25) is 29.6 Å². The van der Waals surface area contributed by atoms with Gasteiger partial charge in [-0.1, -0.05) is 36.8 Å². The van der Waals surface area contributed by atoms with Gasteiger partial charge in [0.25, 0.3) is 0 Å². The summed E-state index contributed by atoms with van der Waals surface area (Å²) >= 11 is 2.06. The lowest BCUT2D eigenvalue weighted by Crippen LogP contribution is -2.49. The van der Waals surface area contributed by atoms with E-state index in [2.05, 4.69) is 32.7 Å². The van der Waals surface area contributed by atoms with E-state index < -0.39 is 17.9 Å². The molecule has 1 aromatic rings. The zero-order valence-corrected chi connectivity index (χ0v) is 20.1. The molecule has 1 fully saturated rings. The predicted molar refractivity (Wildman–Crippen MR) is 130 cm³/mol. The zero-order valence-electron chi connectivity index (χ0n) is 19.3. The minimum atomic E-state index is -0.707. The molecule has 0 spiro atoms. The van der Waals surface area contributed by atoms with Crippen molar-refractivity contribution in [2.75, 3.05) is 25.5 Å². The molecule has 34 heavy (non-hydrogen) atoms. The van der Waals surface area contributed by atoms with Crippen molar-refractivity contribution in [1.29, 1.82) is 0 Å². The molecule has 3 aliphatic rings. The van der Waals surface area contributed by atoms with Crippen LogP contribution in [-0.4, -0.2) is 65.1 Å². The van der Waals surface area contributed by atoms with Gasteiger partial charge in [-0.15, -0.1) is 11.8 Å². The number of amides is 2. The van der Waals surface area contributed by atoms with Crippen LogP contribution in [0.15, 0.2) is 41.7 Å². The minimum absolute atomic E-state index is 0.0384. The van der Waals surface area contributed by atoms with Gasteiger partial charge in [-0.2, -0.15) is 0 Å². The molecule has 0 aliphatic carbocycles. The highest BCUT2D eigenvalue weighted by Crippen LogP contribution is 2.32. The molecule has 0 radical (unpaired) electrons. The van der Waals surface area contributed by atoms with Crippen molar-refractivity contribution in [3.8, 4) is 0 Å². The van der Waals surface area contributed by atoms with E-state index in [1.807, 2.05) is 35.3 Å². The van der Waals surface area contributed by atoms with Gasteiger partial charge in [-0.25, -0.2) is 5.43 Å². The third-order valence-corrected chi connectivity index (χ3v) is 7.83. The van der Waals surface area contributed by atoms with Crippen LogP contribution in [0.1, 0.15) is 44.1 Å². The Morgan fingerprint density at radius 2 is 2.12 bits per heavy atom. The van der Waals surface area contributed by atoms with Crippen molar-refractivity contribution in [2.45, 2.75) is 56.5 Å². The standard InChI is InChI=1S/C24H33N5O4S/c30-17-26-22(31)10-9-19(24(32)33-15-18-6-2-1-3-7-18)27-29-16-25-20-14-28(12-11-21(20)29)23-8-4-5-13-34-23/h1-3,6-7,17,19,23,25,27H,4-5,8-16H2,(H,26,30,31)/t19-,23?/m0/s1. The van der Waals surface area contributed by atoms with Crippen molar-refractivity contribution in [3.63, 3.8) is 0 Å². The second-order valence-corrected chi connectivity index (χ2v) is 10.0. The number of carbonyl (C=O) groups is 3. The third-order valence-electron chi connectivity index (χ3n) is 6.38. The molecule has 10 heteroatoms. The molecule has 2 atom stereocenters. The molecule has 1 saturated heterocycles. The number of ether oxygens (including phenoxy) is 1. The molecule has 3 aliphatic heterocycles. The van der Waals surface area contributed by atoms with Crippen LogP contribution in [0, 0.1) is 0 Å². The molecule has 0 bridgehead atoms. The highest BCUT2D eigenvalue weighted by Gasteiger charge is 2.34. The van der Waals surface area contributed by atoms with E-state index in [0.29, 0.717) is 18.5 Å². The number of benzene rings is 1. The number of hydrazine groups is 1. The summed E-state index contributed by atoms with van der Waals surface area (Å²) in [7, 11) is 0. The number of nitrogens with zero attached hydrogens (tertiary/aromatic N) is 2. The van der Waals surface area contributed by atoms with Gasteiger partial charge in [0, 0.05) is 31.6 Å². The maximum atomic E-state index is 12.9. The number of esters is 1. The lowest BCUT2D eigenvalue weighted by Gasteiger charge is -2.37. The third kappa shape index (κ3) is 6.52. The highest BCUT2D eigenvalue weighted by molar-refractivity contribution is 7.99. The normalized spacial score (nSPS) is 21.4. The Hall–Kier alpha value is -2.56. The Balaban J connectivity index is 1.37. The largest absolute Gasteiger partial charge is 0.460 e. The number of carbonyl (C=O) groups excluding carboxylic acids is 3. The van der Waals surface area contributed by atoms with Crippen LogP contribution in [-0.2, 0) is 25.7 Å². The molecular formula is C24H33N5O4S. The average molecular weight is 488 g/mol. The number of rotatable bonds is 10. The summed E-state index contributed by atoms with van der Waals surface area (Å²) in [6.45, 7) is 2.59. The van der Waals surface area contributed by atoms with Crippen LogP contribution in [0.2, 0.25) is 0 Å². The number of hydrogen-bond donors (Lipinski definition) is 3. The smallest absolute Gasteiger partial charge is 0.325 e. The number of hydrogen-bond acceptors (Lipinski definition) is 9. The van der Waals surface area contributed by atoms with Gasteiger partial charge in [0.15, 0.2) is 0 Å². The summed E-state index contributed by atoms with van der Waals surface area (Å²) in [6.07, 6.45) is 5.36. The van der Waals surface area contributed by atoms with Gasteiger partial charge in [0.1, 0.15) is 19.3 Å². The second kappa shape index (κ2) is 12.2. The maximum Gasteiger partial charge on any atom is 0.325 e. The fraction of sp³-hybridized carbons (Fsp3) is 0.542. The molecule has 0 saturated carbocycles. The van der Waals surface area contributed by atoms with Gasteiger partial charge < -0.3 is 10.1 Å². The number of thioether (sulfide) groups is 1. The van der Waals surface area contributed by atoms with Crippen LogP contribution < -0.4 is 16.1 Å². The van der Waals surface area contributed by atoms with Crippen LogP contribution in [0.3, 0.4) is 0 Å². The minimum Gasteiger partial charge on any atom is -0.460 e. The molecule has 1 unspecified atom stereocenters. The molecule has 2 amide bonds. The average Bonchev–Trinajstić information content (AvgIpc) is 3.28. The summed E-state index contributed by atoms with van der Waals surface area (Å²) in [4.78, 5) is 37.9. The zero-order chi connectivity index (χ0) is 23.8. The summed E-state index contributed by atoms with van der Waals surface area (Å²) < 4.78 is 5.55. The molecule has 1 aromatic carbocycles. The van der Waals surface area contributed by atoms with Crippen LogP contribution in [0.4, 0.5) is 0 Å². The monoisotopic (exact) mass is 487 g/mol. The molecule has 0 aromatic heterocycles. The molecule has 184 valence electrons. The Morgan fingerprint density at radius 3 is 2.88 bits per heavy atom. The van der Waals surface area contributed by atoms with E-state index >= 15 is 0 Å². The molecule has 3 N–H and O–H groups in total. The first-order valence-corrected chi connectivity index (χ1v) is 13.0. The quantitative estimate of drug-likeness (QED) is 0.336. The van der Waals surface area contributed by atoms with E-state index in [-0.39, 0.29) is 19.4 Å². The summed E-state index contributed by atoms with van der Waals surface area (Å²) in [5.41, 5.74) is 6.54. The van der Waals surface area contributed by atoms with Gasteiger partial charge in [-0.05, 0) is 30.6 Å². The first kappa shape index (κ1) is 24.6. The fourth-order valence-electron chi connectivity index (χ4n) is 4.55. The first-order chi connectivity index (χ1) is 16.6. The number of nitrogens with one attached hydrogen (secondary N) is 3. The molecule has 3 heterocycles. The molecule has 4 rings (SSSR count). The fourth-order valence-corrected chi connectivity index (χ4v) is 5.91. The Labute approximate surface area is 204 Å². The predicted octanol–water partition coefficient (Wildman–Crippen LogP) is 1.68. The SMILES string of the molecule is O=CNC(=O)CC[C@H](NN1CNC2=C1CCN(C1CCCCS1)C2)C(=O)OCc1ccccc1. The van der Waals surface area contributed by atoms with Crippen molar-refractivity contribution in [2.24, 2.45) is 0 Å². The van der Waals surface area contributed by atoms with Crippen LogP contribution >= 0.6 is 11.8 Å². The molecule has 9 nitrogen and oxygen atoms in total. The summed E-state index contributed by atoms with van der Waals surface area (Å²) in [5.74, 6) is 0.391. The van der Waals surface area contributed by atoms with Crippen molar-refractivity contribution < 1.29 is 19.1 Å². The second-order valence-electron chi connectivity index (χ2n) is 8.73. The van der Waals surface area contributed by atoms with E-state index in [4.69, 9.17) is 4.74 Å². The number of imide groups is 1. The molecular weight excluding hydrogens is 454 g/mol. The maximum absolute atomic E-state index is 12.9. The summed E-state index contributed by atoms with van der Waals surface area (Å²) in [5, 5.41) is 8.18. The van der Waals surface area contributed by atoms with E-state index in [9.17, 15) is 14.4 Å². The van der Waals surface area contributed by atoms with Gasteiger partial charge >= 0.3 is 5.97 Å². The lowest BCUT2D eigenvalue weighted by atomic mass is 10.1. The van der Waals surface area contributed by atoms with Crippen LogP contribution in [0.25, 0.3) is 0 Å². The van der Waals surface area contributed by atoms with Crippen molar-refractivity contribution in [3.05, 3.63) is 47.3 Å². The van der Waals surface area contributed by atoms with Gasteiger partial charge in [0.2, 0.25) is 12.3 Å². The lowest BCUT2D eigenvalue weighted by molar-refractivity contribution is -0.149. The topological polar surface area (TPSA) is 103 Å². The highest BCUT2D eigenvalue weighted by atomic mass is 32.2. The van der Waals surface area contributed by atoms with Crippen molar-refractivity contribution >= 4 is 30.0 Å². The Bertz CT molecular complexity index is 891. The summed E-state index contributed by atoms with van der Waals surface area (Å²) in [6, 6.07) is 8.78. The van der Waals surface area contributed by atoms with Gasteiger partial charge in [0.05, 0.1) is 11.1 Å². The van der Waals surface area contributed by atoms with E-state index in [1.165, 1.54) is 30.7 Å². The van der Waals surface area contributed by atoms with E-state index in [1.54, 1.807) is 0 Å². The Kier molecular flexibility index (Phi) is 8.84. The van der Waals surface area contributed by atoms with Crippen LogP contribution in [0.5, 0.6) is 0 Å². The Morgan fingerprint density at radius 1 is 1.26 bits per heavy atom.